The fourth-order valence-electron chi connectivity index (χ4n) is 5.01. The second-order valence-electron chi connectivity index (χ2n) is 11.0. The molecule has 5 rings (SSSR count). The predicted molar refractivity (Wildman–Crippen MR) is 168 cm³/mol. The normalized spacial score (nSPS) is 11.0. The summed E-state index contributed by atoms with van der Waals surface area (Å²) in [6, 6.07) is 23.5. The predicted octanol–water partition coefficient (Wildman–Crippen LogP) is 7.51. The van der Waals surface area contributed by atoms with Crippen molar-refractivity contribution >= 4 is 34.1 Å². The highest BCUT2D eigenvalue weighted by Gasteiger charge is 2.19. The molecule has 0 radical (unpaired) electrons. The number of fused-ring (bicyclic) bond motifs is 1. The molecule has 41 heavy (non-hydrogen) atoms. The number of hydrogen-bond acceptors (Lipinski definition) is 4. The number of anilines is 3. The van der Waals surface area contributed by atoms with Crippen LogP contribution in [0.5, 0.6) is 0 Å². The Hall–Kier alpha value is -5.09. The van der Waals surface area contributed by atoms with Crippen molar-refractivity contribution in [2.75, 3.05) is 23.0 Å². The topological polar surface area (TPSA) is 94.7 Å². The number of aromatic amines is 1. The summed E-state index contributed by atoms with van der Waals surface area (Å²) >= 11 is 0. The van der Waals surface area contributed by atoms with Crippen LogP contribution in [0.1, 0.15) is 43.0 Å². The first-order valence-electron chi connectivity index (χ1n) is 13.6. The first-order valence-corrected chi connectivity index (χ1v) is 13.6. The lowest BCUT2D eigenvalue weighted by Gasteiger charge is -2.23. The van der Waals surface area contributed by atoms with E-state index in [4.69, 9.17) is 0 Å². The van der Waals surface area contributed by atoms with Crippen molar-refractivity contribution in [1.29, 1.82) is 0 Å². The number of urea groups is 1. The molecule has 206 valence electrons. The highest BCUT2D eigenvalue weighted by atomic mass is 16.2. The fraction of sp³-hybridized carbons (Fsp3) is 0.206. The molecule has 7 nitrogen and oxygen atoms in total. The molecule has 0 saturated carbocycles. The van der Waals surface area contributed by atoms with Crippen LogP contribution in [0.2, 0.25) is 0 Å². The van der Waals surface area contributed by atoms with Crippen LogP contribution in [0.15, 0.2) is 79.0 Å². The maximum Gasteiger partial charge on any atom is 0.324 e. The molecule has 0 atom stereocenters. The van der Waals surface area contributed by atoms with Gasteiger partial charge in [0.1, 0.15) is 5.82 Å². The van der Waals surface area contributed by atoms with Gasteiger partial charge in [-0.15, -0.1) is 0 Å². The molecule has 0 unspecified atom stereocenters. The third-order valence-corrected chi connectivity index (χ3v) is 7.02. The maximum absolute atomic E-state index is 13.0. The summed E-state index contributed by atoms with van der Waals surface area (Å²) in [7, 11) is 1.85. The summed E-state index contributed by atoms with van der Waals surface area (Å²) < 4.78 is 0. The molecule has 0 aliphatic rings. The highest BCUT2D eigenvalue weighted by molar-refractivity contribution is 6.07. The zero-order chi connectivity index (χ0) is 29.0. The Morgan fingerprint density at radius 3 is 2.51 bits per heavy atom. The number of amides is 2. The number of aromatic nitrogens is 3. The molecule has 0 bridgehead atoms. The Morgan fingerprint density at radius 2 is 1.73 bits per heavy atom. The Labute approximate surface area is 240 Å². The summed E-state index contributed by atoms with van der Waals surface area (Å²) in [5, 5.41) is 18.2. The number of H-pyrrole nitrogens is 1. The Morgan fingerprint density at radius 1 is 0.927 bits per heavy atom. The number of nitrogens with zero attached hydrogens (tertiary/aromatic N) is 2. The molecular formula is C34H34N6O. The van der Waals surface area contributed by atoms with E-state index in [0.29, 0.717) is 17.9 Å². The van der Waals surface area contributed by atoms with Gasteiger partial charge in [-0.1, -0.05) is 75.1 Å². The molecule has 7 heteroatoms. The number of carbonyl (C=O) groups excluding carboxylic acids is 1. The first kappa shape index (κ1) is 27.5. The fourth-order valence-corrected chi connectivity index (χ4v) is 5.01. The lowest BCUT2D eigenvalue weighted by atomic mass is 9.82. The van der Waals surface area contributed by atoms with Crippen LogP contribution in [0.3, 0.4) is 0 Å². The number of nitrogens with one attached hydrogen (secondary N) is 4. The largest absolute Gasteiger partial charge is 0.373 e. The number of rotatable bonds is 5. The number of pyridine rings is 1. The SMILES string of the molecule is CNc1cc(CC#Cc2ccc(NC(=O)Nc3cc(-c4cccc(C(C)(C)C)c4C)[nH]n3)c3ccccc23)ccn1. The smallest absolute Gasteiger partial charge is 0.324 e. The van der Waals surface area contributed by atoms with Crippen molar-refractivity contribution in [3.8, 4) is 23.1 Å². The van der Waals surface area contributed by atoms with Gasteiger partial charge < -0.3 is 10.6 Å². The second-order valence-corrected chi connectivity index (χ2v) is 11.0. The van der Waals surface area contributed by atoms with E-state index in [-0.39, 0.29) is 11.4 Å². The van der Waals surface area contributed by atoms with Gasteiger partial charge >= 0.3 is 6.03 Å². The van der Waals surface area contributed by atoms with Crippen molar-refractivity contribution in [3.05, 3.63) is 101 Å². The third kappa shape index (κ3) is 6.23. The minimum absolute atomic E-state index is 0.0288. The highest BCUT2D eigenvalue weighted by Crippen LogP contribution is 2.32. The molecule has 4 N–H and O–H groups in total. The standard InChI is InChI=1S/C34H34N6O/c1-22-25(14-9-15-28(22)34(2,3)4)30-21-32(40-39-30)38-33(41)37-29-17-16-24(26-12-6-7-13-27(26)29)11-8-10-23-18-19-36-31(20-23)35-5/h6-7,9,12-21H,10H2,1-5H3,(H,35,36)(H3,37,38,39,40,41). The van der Waals surface area contributed by atoms with Crippen LogP contribution in [-0.4, -0.2) is 28.3 Å². The van der Waals surface area contributed by atoms with E-state index in [2.05, 4.69) is 88.9 Å². The van der Waals surface area contributed by atoms with E-state index in [1.807, 2.05) is 61.6 Å². The van der Waals surface area contributed by atoms with Gasteiger partial charge in [0, 0.05) is 42.2 Å². The molecule has 0 spiro atoms. The van der Waals surface area contributed by atoms with Crippen molar-refractivity contribution in [3.63, 3.8) is 0 Å². The minimum Gasteiger partial charge on any atom is -0.373 e. The minimum atomic E-state index is -0.370. The van der Waals surface area contributed by atoms with Crippen LogP contribution in [0.25, 0.3) is 22.0 Å². The second kappa shape index (κ2) is 11.6. The van der Waals surface area contributed by atoms with Crippen LogP contribution in [0, 0.1) is 18.8 Å². The van der Waals surface area contributed by atoms with E-state index in [0.717, 1.165) is 39.0 Å². The lowest BCUT2D eigenvalue weighted by molar-refractivity contribution is 0.262. The summed E-state index contributed by atoms with van der Waals surface area (Å²) in [6.07, 6.45) is 2.39. The molecule has 2 amide bonds. The summed E-state index contributed by atoms with van der Waals surface area (Å²) in [4.78, 5) is 17.2. The van der Waals surface area contributed by atoms with Crippen molar-refractivity contribution in [2.24, 2.45) is 0 Å². The molecule has 0 aliphatic carbocycles. The van der Waals surface area contributed by atoms with Crippen LogP contribution >= 0.6 is 0 Å². The van der Waals surface area contributed by atoms with Crippen molar-refractivity contribution in [1.82, 2.24) is 15.2 Å². The van der Waals surface area contributed by atoms with Gasteiger partial charge in [0.15, 0.2) is 5.82 Å². The maximum atomic E-state index is 13.0. The van der Waals surface area contributed by atoms with Crippen LogP contribution in [0.4, 0.5) is 22.1 Å². The van der Waals surface area contributed by atoms with E-state index in [1.165, 1.54) is 11.1 Å². The summed E-state index contributed by atoms with van der Waals surface area (Å²) in [5.74, 6) is 7.83. The molecule has 0 fully saturated rings. The van der Waals surface area contributed by atoms with E-state index in [9.17, 15) is 4.79 Å². The molecule has 3 aromatic carbocycles. The molecule has 0 aliphatic heterocycles. The van der Waals surface area contributed by atoms with Gasteiger partial charge in [-0.3, -0.25) is 10.4 Å². The van der Waals surface area contributed by atoms with Crippen LogP contribution < -0.4 is 16.0 Å². The zero-order valence-electron chi connectivity index (χ0n) is 24.0. The van der Waals surface area contributed by atoms with E-state index in [1.54, 1.807) is 6.20 Å². The average molecular weight is 543 g/mol. The van der Waals surface area contributed by atoms with Crippen LogP contribution in [-0.2, 0) is 11.8 Å². The van der Waals surface area contributed by atoms with E-state index >= 15 is 0 Å². The zero-order valence-corrected chi connectivity index (χ0v) is 24.0. The molecule has 5 aromatic rings. The molecule has 0 saturated heterocycles. The lowest BCUT2D eigenvalue weighted by Crippen LogP contribution is -2.19. The Kier molecular flexibility index (Phi) is 7.75. The Bertz CT molecular complexity index is 1780. The average Bonchev–Trinajstić information content (AvgIpc) is 3.41. The van der Waals surface area contributed by atoms with Gasteiger partial charge in [-0.2, -0.15) is 5.10 Å². The molecule has 2 heterocycles. The van der Waals surface area contributed by atoms with Gasteiger partial charge in [0.2, 0.25) is 0 Å². The third-order valence-electron chi connectivity index (χ3n) is 7.02. The number of carbonyl (C=O) groups is 1. The van der Waals surface area contributed by atoms with E-state index < -0.39 is 0 Å². The molecule has 2 aromatic heterocycles. The summed E-state index contributed by atoms with van der Waals surface area (Å²) in [6.45, 7) is 8.73. The first-order chi connectivity index (χ1) is 19.7. The summed E-state index contributed by atoms with van der Waals surface area (Å²) in [5.41, 5.74) is 7.10. The van der Waals surface area contributed by atoms with Crippen molar-refractivity contribution in [2.45, 2.75) is 39.5 Å². The van der Waals surface area contributed by atoms with Gasteiger partial charge in [-0.25, -0.2) is 9.78 Å². The number of benzene rings is 3. The molecular weight excluding hydrogens is 508 g/mol. The van der Waals surface area contributed by atoms with Crippen molar-refractivity contribution < 1.29 is 4.79 Å². The van der Waals surface area contributed by atoms with Gasteiger partial charge in [0.25, 0.3) is 0 Å². The Balaban J connectivity index is 1.31. The van der Waals surface area contributed by atoms with Gasteiger partial charge in [-0.05, 0) is 58.7 Å². The van der Waals surface area contributed by atoms with Gasteiger partial charge in [0.05, 0.1) is 11.4 Å². The number of hydrogen-bond donors (Lipinski definition) is 4. The quantitative estimate of drug-likeness (QED) is 0.173. The monoisotopic (exact) mass is 542 g/mol.